The largest absolute Gasteiger partial charge is 0.497 e. The third-order valence-electron chi connectivity index (χ3n) is 3.53. The first-order valence-electron chi connectivity index (χ1n) is 6.90. The Labute approximate surface area is 121 Å². The second-order valence-electron chi connectivity index (χ2n) is 5.93. The quantitative estimate of drug-likeness (QED) is 0.767. The van der Waals surface area contributed by atoms with Gasteiger partial charge in [-0.1, -0.05) is 32.9 Å². The van der Waals surface area contributed by atoms with Crippen LogP contribution in [0.25, 0.3) is 0 Å². The molecule has 114 valence electrons. The van der Waals surface area contributed by atoms with E-state index in [0.29, 0.717) is 13.2 Å². The second-order valence-corrected chi connectivity index (χ2v) is 5.93. The van der Waals surface area contributed by atoms with Crippen molar-refractivity contribution in [1.29, 1.82) is 0 Å². The van der Waals surface area contributed by atoms with E-state index < -0.39 is 11.5 Å². The lowest BCUT2D eigenvalue weighted by atomic mass is 9.81. The zero-order valence-electron chi connectivity index (χ0n) is 12.8. The van der Waals surface area contributed by atoms with Gasteiger partial charge in [0.05, 0.1) is 26.4 Å². The molecule has 2 atom stereocenters. The Hall–Kier alpha value is -1.10. The van der Waals surface area contributed by atoms with Crippen LogP contribution in [-0.2, 0) is 11.3 Å². The van der Waals surface area contributed by atoms with Crippen molar-refractivity contribution in [3.05, 3.63) is 29.8 Å². The van der Waals surface area contributed by atoms with Crippen molar-refractivity contribution in [3.63, 3.8) is 0 Å². The minimum atomic E-state index is -0.594. The van der Waals surface area contributed by atoms with E-state index in [0.717, 1.165) is 11.3 Å². The van der Waals surface area contributed by atoms with Crippen LogP contribution >= 0.6 is 0 Å². The molecule has 0 bridgehead atoms. The molecule has 2 N–H and O–H groups in total. The number of hydrogen-bond donors (Lipinski definition) is 2. The van der Waals surface area contributed by atoms with Crippen LogP contribution in [0.3, 0.4) is 0 Å². The molecular weight excluding hydrogens is 256 g/mol. The molecule has 0 saturated carbocycles. The van der Waals surface area contributed by atoms with E-state index in [1.54, 1.807) is 7.11 Å². The van der Waals surface area contributed by atoms with Gasteiger partial charge in [-0.25, -0.2) is 0 Å². The van der Waals surface area contributed by atoms with E-state index in [2.05, 4.69) is 0 Å². The van der Waals surface area contributed by atoms with Crippen molar-refractivity contribution in [3.8, 4) is 5.75 Å². The summed E-state index contributed by atoms with van der Waals surface area (Å²) in [7, 11) is 1.64. The summed E-state index contributed by atoms with van der Waals surface area (Å²) in [5.41, 5.74) is 0.667. The van der Waals surface area contributed by atoms with Crippen LogP contribution in [0.5, 0.6) is 5.75 Å². The molecule has 4 nitrogen and oxygen atoms in total. The molecule has 0 radical (unpaired) electrons. The van der Waals surface area contributed by atoms with Crippen LogP contribution in [0.15, 0.2) is 24.3 Å². The highest BCUT2D eigenvalue weighted by Crippen LogP contribution is 2.27. The molecule has 0 spiro atoms. The van der Waals surface area contributed by atoms with Gasteiger partial charge >= 0.3 is 0 Å². The van der Waals surface area contributed by atoms with Crippen LogP contribution in [0.4, 0.5) is 0 Å². The highest BCUT2D eigenvalue weighted by Gasteiger charge is 2.32. The number of methoxy groups -OCH3 is 1. The molecule has 0 unspecified atom stereocenters. The predicted octanol–water partition coefficient (Wildman–Crippen LogP) is 2.23. The Morgan fingerprint density at radius 2 is 1.80 bits per heavy atom. The molecule has 0 aliphatic rings. The van der Waals surface area contributed by atoms with Gasteiger partial charge in [-0.15, -0.1) is 0 Å². The van der Waals surface area contributed by atoms with Gasteiger partial charge in [0.1, 0.15) is 5.75 Å². The summed E-state index contributed by atoms with van der Waals surface area (Å²) >= 11 is 0. The van der Waals surface area contributed by atoms with E-state index in [9.17, 15) is 5.11 Å². The molecule has 0 aromatic heterocycles. The number of hydrogen-bond acceptors (Lipinski definition) is 4. The Kier molecular flexibility index (Phi) is 6.46. The van der Waals surface area contributed by atoms with Crippen molar-refractivity contribution >= 4 is 0 Å². The van der Waals surface area contributed by atoms with Gasteiger partial charge in [-0.05, 0) is 17.7 Å². The lowest BCUT2D eigenvalue weighted by Gasteiger charge is -2.33. The molecule has 20 heavy (non-hydrogen) atoms. The fraction of sp³-hybridized carbons (Fsp3) is 0.625. The van der Waals surface area contributed by atoms with Crippen molar-refractivity contribution in [2.24, 2.45) is 11.3 Å². The minimum Gasteiger partial charge on any atom is -0.497 e. The van der Waals surface area contributed by atoms with E-state index in [-0.39, 0.29) is 12.5 Å². The maximum atomic E-state index is 10.2. The number of rotatable bonds is 8. The summed E-state index contributed by atoms with van der Waals surface area (Å²) in [5.74, 6) is 0.663. The number of aliphatic hydroxyl groups is 2. The molecule has 1 aromatic rings. The maximum absolute atomic E-state index is 10.2. The summed E-state index contributed by atoms with van der Waals surface area (Å²) in [6.07, 6.45) is -0.594. The third-order valence-corrected chi connectivity index (χ3v) is 3.53. The fourth-order valence-corrected chi connectivity index (χ4v) is 2.11. The van der Waals surface area contributed by atoms with Crippen molar-refractivity contribution < 1.29 is 19.7 Å². The Balaban J connectivity index is 2.45. The lowest BCUT2D eigenvalue weighted by molar-refractivity contribution is -0.0616. The topological polar surface area (TPSA) is 58.9 Å². The molecular formula is C16H26O4. The van der Waals surface area contributed by atoms with Gasteiger partial charge in [0.25, 0.3) is 0 Å². The zero-order valence-corrected chi connectivity index (χ0v) is 12.8. The fourth-order valence-electron chi connectivity index (χ4n) is 2.11. The Bertz CT molecular complexity index is 386. The van der Waals surface area contributed by atoms with Crippen LogP contribution in [0.1, 0.15) is 26.3 Å². The van der Waals surface area contributed by atoms with Gasteiger partial charge in [-0.3, -0.25) is 0 Å². The first-order valence-corrected chi connectivity index (χ1v) is 6.90. The van der Waals surface area contributed by atoms with Crippen LogP contribution in [-0.4, -0.2) is 36.6 Å². The van der Waals surface area contributed by atoms with Gasteiger partial charge in [0.15, 0.2) is 0 Å². The summed E-state index contributed by atoms with van der Waals surface area (Å²) in [6.45, 7) is 6.62. The monoisotopic (exact) mass is 282 g/mol. The summed E-state index contributed by atoms with van der Waals surface area (Å²) in [5, 5.41) is 19.3. The third kappa shape index (κ3) is 4.78. The molecule has 4 heteroatoms. The maximum Gasteiger partial charge on any atom is 0.118 e. The normalized spacial score (nSPS) is 14.9. The van der Waals surface area contributed by atoms with E-state index in [1.807, 2.05) is 45.0 Å². The highest BCUT2D eigenvalue weighted by molar-refractivity contribution is 5.26. The minimum absolute atomic E-state index is 0.0247. The molecule has 0 aliphatic carbocycles. The molecule has 1 aromatic carbocycles. The average Bonchev–Trinajstić information content (AvgIpc) is 2.46. The van der Waals surface area contributed by atoms with Gasteiger partial charge in [0.2, 0.25) is 0 Å². The standard InChI is InChI=1S/C16H26O4/c1-12(9-17)15(18)16(2,3)11-20-10-13-5-7-14(19-4)8-6-13/h5-8,12,15,17-18H,9-11H2,1-4H3/t12-,15-/m0/s1. The molecule has 0 saturated heterocycles. The van der Waals surface area contributed by atoms with Gasteiger partial charge < -0.3 is 19.7 Å². The highest BCUT2D eigenvalue weighted by atomic mass is 16.5. The smallest absolute Gasteiger partial charge is 0.118 e. The molecule has 0 amide bonds. The summed E-state index contributed by atoms with van der Waals surface area (Å²) in [6, 6.07) is 7.70. The lowest BCUT2D eigenvalue weighted by Crippen LogP contribution is -2.39. The molecule has 0 heterocycles. The van der Waals surface area contributed by atoms with Crippen molar-refractivity contribution in [2.45, 2.75) is 33.5 Å². The van der Waals surface area contributed by atoms with E-state index >= 15 is 0 Å². The first kappa shape index (κ1) is 17.0. The summed E-state index contributed by atoms with van der Waals surface area (Å²) in [4.78, 5) is 0. The van der Waals surface area contributed by atoms with Gasteiger partial charge in [0, 0.05) is 17.9 Å². The second kappa shape index (κ2) is 7.62. The molecule has 0 fully saturated rings. The SMILES string of the molecule is COc1ccc(COCC(C)(C)[C@@H](O)[C@@H](C)CO)cc1. The van der Waals surface area contributed by atoms with Crippen LogP contribution in [0.2, 0.25) is 0 Å². The Morgan fingerprint density at radius 1 is 1.20 bits per heavy atom. The number of benzene rings is 1. The van der Waals surface area contributed by atoms with Crippen molar-refractivity contribution in [1.82, 2.24) is 0 Å². The summed E-state index contributed by atoms with van der Waals surface area (Å²) < 4.78 is 10.8. The zero-order chi connectivity index (χ0) is 15.2. The number of ether oxygens (including phenoxy) is 2. The Morgan fingerprint density at radius 3 is 2.30 bits per heavy atom. The van der Waals surface area contributed by atoms with E-state index in [4.69, 9.17) is 14.6 Å². The predicted molar refractivity (Wildman–Crippen MR) is 78.7 cm³/mol. The van der Waals surface area contributed by atoms with Crippen LogP contribution < -0.4 is 4.74 Å². The molecule has 0 aliphatic heterocycles. The van der Waals surface area contributed by atoms with Gasteiger partial charge in [-0.2, -0.15) is 0 Å². The average molecular weight is 282 g/mol. The van der Waals surface area contributed by atoms with Crippen molar-refractivity contribution in [2.75, 3.05) is 20.3 Å². The van der Waals surface area contributed by atoms with E-state index in [1.165, 1.54) is 0 Å². The van der Waals surface area contributed by atoms with Crippen LogP contribution in [0, 0.1) is 11.3 Å². The number of aliphatic hydroxyl groups excluding tert-OH is 2. The molecule has 1 rings (SSSR count). The first-order chi connectivity index (χ1) is 9.40.